The number of methoxy groups -OCH3 is 1. The summed E-state index contributed by atoms with van der Waals surface area (Å²) in [4.78, 5) is 16.7. The van der Waals surface area contributed by atoms with Crippen LogP contribution in [0.4, 0.5) is 5.69 Å². The average Bonchev–Trinajstić information content (AvgIpc) is 3.25. The van der Waals surface area contributed by atoms with Gasteiger partial charge in [0.25, 0.3) is 0 Å². The van der Waals surface area contributed by atoms with Crippen LogP contribution in [-0.2, 0) is 4.79 Å². The predicted molar refractivity (Wildman–Crippen MR) is 131 cm³/mol. The second-order valence-electron chi connectivity index (χ2n) is 7.63. The number of rotatable bonds is 7. The maximum atomic E-state index is 12.6. The number of anilines is 1. The molecule has 2 heterocycles. The van der Waals surface area contributed by atoms with E-state index in [0.717, 1.165) is 44.5 Å². The van der Waals surface area contributed by atoms with Gasteiger partial charge >= 0.3 is 0 Å². The van der Waals surface area contributed by atoms with Gasteiger partial charge < -0.3 is 19.2 Å². The van der Waals surface area contributed by atoms with Gasteiger partial charge in [-0.15, -0.1) is 0 Å². The Hall–Kier alpha value is -4.06. The number of carbonyl (C=O) groups excluding carboxylic acids is 1. The van der Waals surface area contributed by atoms with Gasteiger partial charge in [-0.3, -0.25) is 9.78 Å². The lowest BCUT2D eigenvalue weighted by Crippen LogP contribution is -2.09. The molecule has 4 aromatic rings. The summed E-state index contributed by atoms with van der Waals surface area (Å²) in [6, 6.07) is 13.4. The van der Waals surface area contributed by atoms with Gasteiger partial charge in [0.1, 0.15) is 17.1 Å². The molecule has 0 saturated carbocycles. The van der Waals surface area contributed by atoms with Crippen LogP contribution in [0, 0.1) is 6.92 Å². The van der Waals surface area contributed by atoms with Gasteiger partial charge in [0.2, 0.25) is 5.91 Å². The Bertz CT molecular complexity index is 1320. The maximum absolute atomic E-state index is 12.6. The minimum absolute atomic E-state index is 0.235. The van der Waals surface area contributed by atoms with Gasteiger partial charge in [-0.05, 0) is 62.2 Å². The normalized spacial score (nSPS) is 11.5. The Balaban J connectivity index is 1.80. The fourth-order valence-corrected chi connectivity index (χ4v) is 3.84. The number of aryl methyl sites for hydroxylation is 1. The molecule has 0 fully saturated rings. The highest BCUT2D eigenvalue weighted by Crippen LogP contribution is 2.41. The molecule has 1 N–H and O–H groups in total. The van der Waals surface area contributed by atoms with Crippen LogP contribution in [0.5, 0.6) is 11.5 Å². The highest BCUT2D eigenvalue weighted by atomic mass is 16.5. The fourth-order valence-electron chi connectivity index (χ4n) is 3.84. The number of hydrogen-bond donors (Lipinski definition) is 1. The Morgan fingerprint density at radius 2 is 2.06 bits per heavy atom. The van der Waals surface area contributed by atoms with Gasteiger partial charge in [-0.1, -0.05) is 12.1 Å². The van der Waals surface area contributed by atoms with Crippen LogP contribution in [0.15, 0.2) is 71.6 Å². The van der Waals surface area contributed by atoms with Crippen molar-refractivity contribution >= 4 is 28.1 Å². The molecule has 33 heavy (non-hydrogen) atoms. The topological polar surface area (TPSA) is 73.6 Å². The second kappa shape index (κ2) is 9.61. The number of nitrogens with zero attached hydrogens (tertiary/aromatic N) is 1. The van der Waals surface area contributed by atoms with Crippen LogP contribution in [0.1, 0.15) is 25.0 Å². The van der Waals surface area contributed by atoms with Crippen molar-refractivity contribution in [3.63, 3.8) is 0 Å². The molecule has 0 aliphatic heterocycles. The third kappa shape index (κ3) is 4.60. The predicted octanol–water partition coefficient (Wildman–Crippen LogP) is 6.25. The van der Waals surface area contributed by atoms with Gasteiger partial charge in [-0.25, -0.2) is 0 Å². The summed E-state index contributed by atoms with van der Waals surface area (Å²) in [5.74, 6) is 1.24. The van der Waals surface area contributed by atoms with Crippen molar-refractivity contribution in [1.29, 1.82) is 0 Å². The smallest absolute Gasteiger partial charge is 0.248 e. The molecule has 4 rings (SSSR count). The van der Waals surface area contributed by atoms with Gasteiger partial charge in [-0.2, -0.15) is 0 Å². The van der Waals surface area contributed by atoms with E-state index in [9.17, 15) is 4.79 Å². The molecule has 0 unspecified atom stereocenters. The molecular weight excluding hydrogens is 416 g/mol. The Morgan fingerprint density at radius 1 is 1.21 bits per heavy atom. The van der Waals surface area contributed by atoms with E-state index < -0.39 is 0 Å². The molecule has 2 aromatic heterocycles. The SMILES string of the molecule is CCOc1c(/C(C)=C/C(=O)Nc2cccnc2)cc2c(-c3cccc(OC)c3)coc2c1C. The lowest BCUT2D eigenvalue weighted by Gasteiger charge is -2.15. The van der Waals surface area contributed by atoms with E-state index in [-0.39, 0.29) is 5.91 Å². The van der Waals surface area contributed by atoms with Crippen LogP contribution in [0.3, 0.4) is 0 Å². The Labute approximate surface area is 192 Å². The Morgan fingerprint density at radius 3 is 2.79 bits per heavy atom. The van der Waals surface area contributed by atoms with Gasteiger partial charge in [0.05, 0.1) is 31.9 Å². The first-order chi connectivity index (χ1) is 16.0. The molecule has 0 aliphatic carbocycles. The van der Waals surface area contributed by atoms with Crippen molar-refractivity contribution in [2.75, 3.05) is 19.0 Å². The standard InChI is InChI=1S/C27H26N2O4/c1-5-32-26-18(3)27-23(24(16-33-27)19-8-6-10-21(13-19)31-4)14-22(26)17(2)12-25(30)29-20-9-7-11-28-15-20/h6-16H,5H2,1-4H3,(H,29,30)/b17-12+. The van der Waals surface area contributed by atoms with E-state index in [2.05, 4.69) is 10.3 Å². The van der Waals surface area contributed by atoms with E-state index in [1.165, 1.54) is 0 Å². The van der Waals surface area contributed by atoms with Crippen molar-refractivity contribution in [2.24, 2.45) is 0 Å². The molecule has 0 aliphatic rings. The third-order valence-corrected chi connectivity index (χ3v) is 5.41. The molecule has 6 heteroatoms. The lowest BCUT2D eigenvalue weighted by molar-refractivity contribution is -0.111. The zero-order chi connectivity index (χ0) is 23.4. The molecule has 168 valence electrons. The number of carbonyl (C=O) groups is 1. The summed E-state index contributed by atoms with van der Waals surface area (Å²) in [7, 11) is 1.65. The number of fused-ring (bicyclic) bond motifs is 1. The monoisotopic (exact) mass is 442 g/mol. The average molecular weight is 443 g/mol. The molecule has 0 radical (unpaired) electrons. The van der Waals surface area contributed by atoms with Crippen LogP contribution in [-0.4, -0.2) is 24.6 Å². The van der Waals surface area contributed by atoms with Gasteiger partial charge in [0, 0.05) is 34.3 Å². The van der Waals surface area contributed by atoms with Crippen LogP contribution >= 0.6 is 0 Å². The van der Waals surface area contributed by atoms with E-state index in [0.29, 0.717) is 18.0 Å². The maximum Gasteiger partial charge on any atom is 0.248 e. The summed E-state index contributed by atoms with van der Waals surface area (Å²) in [5, 5.41) is 3.78. The lowest BCUT2D eigenvalue weighted by atomic mass is 9.96. The van der Waals surface area contributed by atoms with Crippen molar-refractivity contribution in [3.05, 3.63) is 78.3 Å². The summed E-state index contributed by atoms with van der Waals surface area (Å²) in [6.07, 6.45) is 6.59. The first kappa shape index (κ1) is 22.1. The third-order valence-electron chi connectivity index (χ3n) is 5.41. The summed E-state index contributed by atoms with van der Waals surface area (Å²) in [6.45, 7) is 6.30. The van der Waals surface area contributed by atoms with Crippen molar-refractivity contribution in [1.82, 2.24) is 4.98 Å². The number of benzene rings is 2. The number of ether oxygens (including phenoxy) is 2. The number of nitrogens with one attached hydrogen (secondary N) is 1. The zero-order valence-electron chi connectivity index (χ0n) is 19.1. The minimum atomic E-state index is -0.235. The van der Waals surface area contributed by atoms with Crippen molar-refractivity contribution < 1.29 is 18.7 Å². The van der Waals surface area contributed by atoms with E-state index in [4.69, 9.17) is 13.9 Å². The van der Waals surface area contributed by atoms with E-state index in [1.807, 2.05) is 51.1 Å². The highest BCUT2D eigenvalue weighted by molar-refractivity contribution is 6.05. The minimum Gasteiger partial charge on any atom is -0.497 e. The summed E-state index contributed by atoms with van der Waals surface area (Å²) >= 11 is 0. The highest BCUT2D eigenvalue weighted by Gasteiger charge is 2.19. The van der Waals surface area contributed by atoms with Crippen LogP contribution < -0.4 is 14.8 Å². The Kier molecular flexibility index (Phi) is 6.45. The zero-order valence-corrected chi connectivity index (χ0v) is 19.1. The number of aromatic nitrogens is 1. The summed E-state index contributed by atoms with van der Waals surface area (Å²) in [5.41, 5.74) is 5.84. The number of hydrogen-bond acceptors (Lipinski definition) is 5. The second-order valence-corrected chi connectivity index (χ2v) is 7.63. The molecule has 0 saturated heterocycles. The fraction of sp³-hybridized carbons (Fsp3) is 0.185. The number of amides is 1. The van der Waals surface area contributed by atoms with Crippen molar-refractivity contribution in [3.8, 4) is 22.6 Å². The molecule has 0 bridgehead atoms. The van der Waals surface area contributed by atoms with E-state index in [1.54, 1.807) is 44.0 Å². The van der Waals surface area contributed by atoms with Gasteiger partial charge in [0.15, 0.2) is 0 Å². The molecule has 1 amide bonds. The molecule has 2 aromatic carbocycles. The quantitative estimate of drug-likeness (QED) is 0.342. The molecule has 0 atom stereocenters. The number of furan rings is 1. The van der Waals surface area contributed by atoms with Crippen LogP contribution in [0.25, 0.3) is 27.7 Å². The first-order valence-electron chi connectivity index (χ1n) is 10.7. The number of allylic oxidation sites excluding steroid dienone is 1. The molecule has 0 spiro atoms. The molecule has 6 nitrogen and oxygen atoms in total. The first-order valence-corrected chi connectivity index (χ1v) is 10.7. The van der Waals surface area contributed by atoms with E-state index >= 15 is 0 Å². The molecular formula is C27H26N2O4. The largest absolute Gasteiger partial charge is 0.497 e. The summed E-state index contributed by atoms with van der Waals surface area (Å²) < 4.78 is 17.3. The van der Waals surface area contributed by atoms with Crippen molar-refractivity contribution in [2.45, 2.75) is 20.8 Å². The van der Waals surface area contributed by atoms with Crippen LogP contribution in [0.2, 0.25) is 0 Å². The number of pyridine rings is 1.